The molecule has 0 aromatic heterocycles. The summed E-state index contributed by atoms with van der Waals surface area (Å²) < 4.78 is 48.6. The van der Waals surface area contributed by atoms with Gasteiger partial charge in [-0.3, -0.25) is 4.79 Å². The molecule has 12 heteroatoms. The normalized spacial score (nSPS) is 35.9. The summed E-state index contributed by atoms with van der Waals surface area (Å²) in [5, 5.41) is 10.1. The lowest BCUT2D eigenvalue weighted by Crippen LogP contribution is -2.64. The van der Waals surface area contributed by atoms with Crippen LogP contribution in [-0.2, 0) is 37.0 Å². The summed E-state index contributed by atoms with van der Waals surface area (Å²) >= 11 is 0. The lowest BCUT2D eigenvalue weighted by atomic mass is 9.78. The summed E-state index contributed by atoms with van der Waals surface area (Å²) in [4.78, 5) is 12.1. The summed E-state index contributed by atoms with van der Waals surface area (Å²) in [6.07, 6.45) is 1.39. The van der Waals surface area contributed by atoms with Crippen LogP contribution in [0, 0.1) is 11.8 Å². The molecule has 0 aliphatic carbocycles. The zero-order valence-electron chi connectivity index (χ0n) is 34.0. The van der Waals surface area contributed by atoms with E-state index in [2.05, 4.69) is 89.3 Å². The number of aliphatic carboxylic acids is 1. The molecule has 0 bridgehead atoms. The zero-order valence-corrected chi connectivity index (χ0v) is 37.0. The molecule has 4 aliphatic rings. The van der Waals surface area contributed by atoms with E-state index in [-0.39, 0.29) is 66.0 Å². The fourth-order valence-corrected chi connectivity index (χ4v) is 15.8. The van der Waals surface area contributed by atoms with Crippen LogP contribution in [0.1, 0.15) is 108 Å². The largest absolute Gasteiger partial charge is 0.481 e. The van der Waals surface area contributed by atoms with Gasteiger partial charge in [-0.05, 0) is 66.2 Å². The maximum Gasteiger partial charge on any atom is 0.306 e. The predicted molar refractivity (Wildman–Crippen MR) is 206 cm³/mol. The highest BCUT2D eigenvalue weighted by Gasteiger charge is 2.58. The van der Waals surface area contributed by atoms with Crippen molar-refractivity contribution in [1.29, 1.82) is 0 Å². The summed E-state index contributed by atoms with van der Waals surface area (Å²) in [6, 6.07) is 6.28. The van der Waals surface area contributed by atoms with Gasteiger partial charge < -0.3 is 37.3 Å². The predicted octanol–water partition coefficient (Wildman–Crippen LogP) is 9.13. The first kappa shape index (κ1) is 42.6. The summed E-state index contributed by atoms with van der Waals surface area (Å²) in [5.41, 5.74) is 0. The van der Waals surface area contributed by atoms with Crippen LogP contribution in [0.15, 0.2) is 0 Å². The third-order valence-corrected chi connectivity index (χ3v) is 27.5. The fraction of sp³-hybridized carbons (Fsp3) is 0.974. The summed E-state index contributed by atoms with van der Waals surface area (Å²) in [5.74, 6) is -1.43. The van der Waals surface area contributed by atoms with Gasteiger partial charge in [-0.2, -0.15) is 0 Å². The molecule has 1 N–H and O–H groups in total. The van der Waals surface area contributed by atoms with E-state index >= 15 is 0 Å². The van der Waals surface area contributed by atoms with E-state index < -0.39 is 42.8 Å². The Morgan fingerprint density at radius 3 is 1.92 bits per heavy atom. The maximum absolute atomic E-state index is 12.1. The van der Waals surface area contributed by atoms with Crippen molar-refractivity contribution in [1.82, 2.24) is 0 Å². The molecular formula is C38H74O9Si3. The van der Waals surface area contributed by atoms with E-state index in [9.17, 15) is 9.90 Å². The highest BCUT2D eigenvalue weighted by Crippen LogP contribution is 2.50. The Hall–Kier alpha value is -0.159. The van der Waals surface area contributed by atoms with Gasteiger partial charge in [0.15, 0.2) is 30.7 Å². The van der Waals surface area contributed by atoms with Crippen molar-refractivity contribution < 1.29 is 42.1 Å². The number of hydrogen-bond acceptors (Lipinski definition) is 8. The lowest BCUT2D eigenvalue weighted by molar-refractivity contribution is -0.372. The van der Waals surface area contributed by atoms with Crippen LogP contribution >= 0.6 is 0 Å². The van der Waals surface area contributed by atoms with Gasteiger partial charge in [-0.15, -0.1) is 0 Å². The monoisotopic (exact) mass is 758 g/mol. The molecule has 4 aliphatic heterocycles. The summed E-state index contributed by atoms with van der Waals surface area (Å²) in [7, 11) is -5.92. The van der Waals surface area contributed by atoms with Crippen LogP contribution in [-0.4, -0.2) is 97.3 Å². The molecule has 11 atom stereocenters. The number of carbonyl (C=O) groups is 1. The number of rotatable bonds is 16. The van der Waals surface area contributed by atoms with E-state index in [1.807, 2.05) is 0 Å². The second kappa shape index (κ2) is 16.7. The topological polar surface area (TPSA) is 102 Å². The average Bonchev–Trinajstić information content (AvgIpc) is 3.46. The molecule has 9 nitrogen and oxygen atoms in total. The van der Waals surface area contributed by atoms with Crippen LogP contribution in [0.2, 0.25) is 54.4 Å². The van der Waals surface area contributed by atoms with E-state index in [1.165, 1.54) is 0 Å². The molecule has 0 saturated carbocycles. The molecule has 4 saturated heterocycles. The standard InChI is InChI=1S/C38H74O9Si3/c1-14-49(15-2,16-3)46-33(25-41-48(12,13)37(9,10)11)30-20-29-28(42-30)21-31-35(43-29)26(7)23-38(44-31)24-27(8)36(32(45-38)22-34(39)40)47-50(17-4,18-5)19-6/h26-33,35-36H,14-25H2,1-13H3,(H,39,40)/t26-,27-,28+,29+,30?,31-,32-,33?,35-,36?,38+/m0/s1. The SMILES string of the molecule is CC[Si](CC)(CC)OC(CO[Si](C)(C)C(C)(C)C)C1C[C@H]2O[C@@H]3[C@H](C[C@H]2O1)O[C@]1(C[C@H](C)C(O[Si](CC)(CC)CC)[C@H](CC(=O)O)O1)C[C@@H]3C. The van der Waals surface area contributed by atoms with Crippen LogP contribution in [0.5, 0.6) is 0 Å². The molecule has 50 heavy (non-hydrogen) atoms. The third-order valence-electron chi connectivity index (χ3n) is 13.7. The molecule has 4 fully saturated rings. The van der Waals surface area contributed by atoms with Gasteiger partial charge in [-0.1, -0.05) is 76.2 Å². The number of ether oxygens (including phenoxy) is 4. The Labute approximate surface area is 307 Å². The quantitative estimate of drug-likeness (QED) is 0.155. The minimum Gasteiger partial charge on any atom is -0.481 e. The van der Waals surface area contributed by atoms with Crippen molar-refractivity contribution >= 4 is 30.9 Å². The van der Waals surface area contributed by atoms with Crippen molar-refractivity contribution in [3.63, 3.8) is 0 Å². The van der Waals surface area contributed by atoms with E-state index in [0.717, 1.165) is 49.1 Å². The number of carboxylic acid groups (broad SMARTS) is 1. The van der Waals surface area contributed by atoms with Crippen LogP contribution in [0.4, 0.5) is 0 Å². The third kappa shape index (κ3) is 9.20. The first-order valence-corrected chi connectivity index (χ1v) is 28.2. The van der Waals surface area contributed by atoms with Crippen molar-refractivity contribution in [2.24, 2.45) is 11.8 Å². The molecule has 0 aromatic rings. The van der Waals surface area contributed by atoms with Crippen LogP contribution in [0.3, 0.4) is 0 Å². The molecule has 4 rings (SSSR count). The highest BCUT2D eigenvalue weighted by atomic mass is 28.4. The molecule has 292 valence electrons. The van der Waals surface area contributed by atoms with Crippen molar-refractivity contribution in [2.75, 3.05) is 6.61 Å². The van der Waals surface area contributed by atoms with E-state index in [4.69, 9.17) is 32.2 Å². The van der Waals surface area contributed by atoms with Gasteiger partial charge in [0.2, 0.25) is 0 Å². The Balaban J connectivity index is 1.52. The van der Waals surface area contributed by atoms with Crippen molar-refractivity contribution in [2.45, 2.75) is 217 Å². The van der Waals surface area contributed by atoms with Gasteiger partial charge in [0.05, 0.1) is 61.9 Å². The summed E-state index contributed by atoms with van der Waals surface area (Å²) in [6.45, 7) is 29.9. The highest BCUT2D eigenvalue weighted by molar-refractivity contribution is 6.74. The maximum atomic E-state index is 12.1. The Bertz CT molecular complexity index is 1090. The second-order valence-corrected chi connectivity index (χ2v) is 32.1. The Kier molecular flexibility index (Phi) is 14.2. The number of carboxylic acids is 1. The minimum absolute atomic E-state index is 0.0137. The first-order valence-electron chi connectivity index (χ1n) is 20.2. The number of hydrogen-bond donors (Lipinski definition) is 1. The minimum atomic E-state index is -2.00. The zero-order chi connectivity index (χ0) is 37.3. The van der Waals surface area contributed by atoms with Crippen molar-refractivity contribution in [3.05, 3.63) is 0 Å². The van der Waals surface area contributed by atoms with Gasteiger partial charge in [0, 0.05) is 25.7 Å². The first-order chi connectivity index (χ1) is 23.3. The average molecular weight is 759 g/mol. The molecule has 0 amide bonds. The molecule has 1 spiro atoms. The number of fused-ring (bicyclic) bond motifs is 2. The molecule has 0 aromatic carbocycles. The smallest absolute Gasteiger partial charge is 0.306 e. The Morgan fingerprint density at radius 1 is 0.820 bits per heavy atom. The van der Waals surface area contributed by atoms with E-state index in [0.29, 0.717) is 19.4 Å². The Morgan fingerprint density at radius 2 is 1.38 bits per heavy atom. The molecular weight excluding hydrogens is 685 g/mol. The van der Waals surface area contributed by atoms with E-state index in [1.54, 1.807) is 0 Å². The van der Waals surface area contributed by atoms with Gasteiger partial charge in [-0.25, -0.2) is 0 Å². The van der Waals surface area contributed by atoms with Gasteiger partial charge >= 0.3 is 5.97 Å². The van der Waals surface area contributed by atoms with Gasteiger partial charge in [0.25, 0.3) is 0 Å². The van der Waals surface area contributed by atoms with Crippen molar-refractivity contribution in [3.8, 4) is 0 Å². The lowest BCUT2D eigenvalue weighted by Gasteiger charge is -2.56. The molecule has 3 unspecified atom stereocenters. The molecule has 4 heterocycles. The van der Waals surface area contributed by atoms with Gasteiger partial charge in [0.1, 0.15) is 0 Å². The second-order valence-electron chi connectivity index (χ2n) is 17.8. The van der Waals surface area contributed by atoms with Crippen LogP contribution in [0.25, 0.3) is 0 Å². The molecule has 0 radical (unpaired) electrons. The van der Waals surface area contributed by atoms with Crippen LogP contribution < -0.4 is 0 Å². The fourth-order valence-electron chi connectivity index (χ4n) is 8.96.